The molecule has 0 bridgehead atoms. The molecule has 2 aliphatic heterocycles. The predicted octanol–water partition coefficient (Wildman–Crippen LogP) is 1.61. The van der Waals surface area contributed by atoms with Crippen molar-refractivity contribution in [2.45, 2.75) is 51.1 Å². The smallest absolute Gasteiger partial charge is 0.0235 e. The van der Waals surface area contributed by atoms with Gasteiger partial charge in [-0.3, -0.25) is 4.90 Å². The molecule has 0 saturated carbocycles. The van der Waals surface area contributed by atoms with Gasteiger partial charge < -0.3 is 5.32 Å². The Hall–Kier alpha value is -0.0800. The molecular formula is C11H22N2. The van der Waals surface area contributed by atoms with Gasteiger partial charge in [0.2, 0.25) is 0 Å². The molecule has 2 fully saturated rings. The van der Waals surface area contributed by atoms with E-state index in [0.717, 1.165) is 12.1 Å². The lowest BCUT2D eigenvalue weighted by Gasteiger charge is -2.29. The first-order chi connectivity index (χ1) is 6.42. The molecule has 2 heteroatoms. The van der Waals surface area contributed by atoms with Crippen LogP contribution in [0.3, 0.4) is 0 Å². The van der Waals surface area contributed by atoms with Gasteiger partial charge in [0.25, 0.3) is 0 Å². The Labute approximate surface area is 81.7 Å². The van der Waals surface area contributed by atoms with Gasteiger partial charge in [-0.15, -0.1) is 0 Å². The van der Waals surface area contributed by atoms with Crippen molar-refractivity contribution in [1.82, 2.24) is 10.2 Å². The fourth-order valence-electron chi connectivity index (χ4n) is 2.90. The monoisotopic (exact) mass is 182 g/mol. The van der Waals surface area contributed by atoms with Crippen molar-refractivity contribution >= 4 is 0 Å². The largest absolute Gasteiger partial charge is 0.315 e. The van der Waals surface area contributed by atoms with E-state index in [0.29, 0.717) is 0 Å². The summed E-state index contributed by atoms with van der Waals surface area (Å²) < 4.78 is 0. The molecule has 2 aliphatic rings. The molecule has 1 N–H and O–H groups in total. The van der Waals surface area contributed by atoms with Gasteiger partial charge in [-0.25, -0.2) is 0 Å². The van der Waals surface area contributed by atoms with Crippen molar-refractivity contribution in [3.05, 3.63) is 0 Å². The van der Waals surface area contributed by atoms with Crippen LogP contribution in [0.15, 0.2) is 0 Å². The predicted molar refractivity (Wildman–Crippen MR) is 55.9 cm³/mol. The van der Waals surface area contributed by atoms with Gasteiger partial charge in [-0.1, -0.05) is 13.3 Å². The Morgan fingerprint density at radius 1 is 1.38 bits per heavy atom. The molecule has 2 rings (SSSR count). The maximum absolute atomic E-state index is 3.47. The van der Waals surface area contributed by atoms with Crippen molar-refractivity contribution in [3.63, 3.8) is 0 Å². The highest BCUT2D eigenvalue weighted by molar-refractivity contribution is 4.88. The zero-order valence-corrected chi connectivity index (χ0v) is 8.76. The third-order valence-electron chi connectivity index (χ3n) is 3.55. The highest BCUT2D eigenvalue weighted by Gasteiger charge is 2.31. The summed E-state index contributed by atoms with van der Waals surface area (Å²) in [5.41, 5.74) is 0. The van der Waals surface area contributed by atoms with Crippen molar-refractivity contribution < 1.29 is 0 Å². The topological polar surface area (TPSA) is 15.3 Å². The van der Waals surface area contributed by atoms with Crippen molar-refractivity contribution in [1.29, 1.82) is 0 Å². The van der Waals surface area contributed by atoms with Gasteiger partial charge in [-0.05, 0) is 38.8 Å². The van der Waals surface area contributed by atoms with Crippen LogP contribution in [-0.4, -0.2) is 36.6 Å². The van der Waals surface area contributed by atoms with E-state index in [-0.39, 0.29) is 0 Å². The van der Waals surface area contributed by atoms with Crippen LogP contribution in [0.1, 0.15) is 39.0 Å². The number of hydrogen-bond acceptors (Lipinski definition) is 2. The Kier molecular flexibility index (Phi) is 3.23. The van der Waals surface area contributed by atoms with E-state index in [1.807, 2.05) is 0 Å². The van der Waals surface area contributed by atoms with E-state index in [1.54, 1.807) is 0 Å². The Bertz CT molecular complexity index is 152. The van der Waals surface area contributed by atoms with Gasteiger partial charge in [-0.2, -0.15) is 0 Å². The SMILES string of the molecule is CCC[C@@H]1CCCN1[C@@H]1CCNC1. The summed E-state index contributed by atoms with van der Waals surface area (Å²) in [5, 5.41) is 3.47. The van der Waals surface area contributed by atoms with E-state index in [1.165, 1.54) is 51.7 Å². The number of nitrogens with zero attached hydrogens (tertiary/aromatic N) is 1. The van der Waals surface area contributed by atoms with E-state index in [4.69, 9.17) is 0 Å². The van der Waals surface area contributed by atoms with Crippen LogP contribution in [0.2, 0.25) is 0 Å². The zero-order valence-electron chi connectivity index (χ0n) is 8.76. The molecular weight excluding hydrogens is 160 g/mol. The molecule has 0 amide bonds. The summed E-state index contributed by atoms with van der Waals surface area (Å²) in [6, 6.07) is 1.77. The van der Waals surface area contributed by atoms with Gasteiger partial charge in [0.05, 0.1) is 0 Å². The summed E-state index contributed by atoms with van der Waals surface area (Å²) >= 11 is 0. The molecule has 0 aromatic heterocycles. The van der Waals surface area contributed by atoms with Gasteiger partial charge >= 0.3 is 0 Å². The molecule has 0 aromatic rings. The van der Waals surface area contributed by atoms with Gasteiger partial charge in [0.1, 0.15) is 0 Å². The molecule has 0 aliphatic carbocycles. The third kappa shape index (κ3) is 2.05. The van der Waals surface area contributed by atoms with Crippen LogP contribution < -0.4 is 5.32 Å². The fraction of sp³-hybridized carbons (Fsp3) is 1.00. The molecule has 0 aromatic carbocycles. The van der Waals surface area contributed by atoms with Crippen LogP contribution in [-0.2, 0) is 0 Å². The van der Waals surface area contributed by atoms with E-state index in [2.05, 4.69) is 17.1 Å². The first-order valence-electron chi connectivity index (χ1n) is 5.88. The minimum absolute atomic E-state index is 0.860. The second-order valence-electron chi connectivity index (χ2n) is 4.47. The van der Waals surface area contributed by atoms with Crippen molar-refractivity contribution in [3.8, 4) is 0 Å². The molecule has 2 heterocycles. The minimum Gasteiger partial charge on any atom is -0.315 e. The van der Waals surface area contributed by atoms with Crippen molar-refractivity contribution in [2.75, 3.05) is 19.6 Å². The van der Waals surface area contributed by atoms with Crippen LogP contribution in [0.25, 0.3) is 0 Å². The maximum atomic E-state index is 3.47. The zero-order chi connectivity index (χ0) is 9.10. The molecule has 0 unspecified atom stereocenters. The molecule has 0 radical (unpaired) electrons. The van der Waals surface area contributed by atoms with E-state index >= 15 is 0 Å². The average Bonchev–Trinajstić information content (AvgIpc) is 2.71. The molecule has 13 heavy (non-hydrogen) atoms. The molecule has 2 saturated heterocycles. The molecule has 0 spiro atoms. The molecule has 2 atom stereocenters. The van der Waals surface area contributed by atoms with Crippen LogP contribution in [0.4, 0.5) is 0 Å². The maximum Gasteiger partial charge on any atom is 0.0235 e. The summed E-state index contributed by atoms with van der Waals surface area (Å²) in [4.78, 5) is 2.77. The number of nitrogens with one attached hydrogen (secondary N) is 1. The lowest BCUT2D eigenvalue weighted by Crippen LogP contribution is -2.40. The number of likely N-dealkylation sites (tertiary alicyclic amines) is 1. The highest BCUT2D eigenvalue weighted by Crippen LogP contribution is 2.25. The first kappa shape index (κ1) is 9.47. The summed E-state index contributed by atoms with van der Waals surface area (Å²) in [6.45, 7) is 6.14. The number of hydrogen-bond donors (Lipinski definition) is 1. The lowest BCUT2D eigenvalue weighted by atomic mass is 10.1. The number of rotatable bonds is 3. The second kappa shape index (κ2) is 4.43. The quantitative estimate of drug-likeness (QED) is 0.713. The summed E-state index contributed by atoms with van der Waals surface area (Å²) in [7, 11) is 0. The highest BCUT2D eigenvalue weighted by atomic mass is 15.2. The Balaban J connectivity index is 1.88. The third-order valence-corrected chi connectivity index (χ3v) is 3.55. The first-order valence-corrected chi connectivity index (χ1v) is 5.88. The minimum atomic E-state index is 0.860. The Morgan fingerprint density at radius 2 is 2.31 bits per heavy atom. The fourth-order valence-corrected chi connectivity index (χ4v) is 2.90. The second-order valence-corrected chi connectivity index (χ2v) is 4.47. The van der Waals surface area contributed by atoms with Crippen molar-refractivity contribution in [2.24, 2.45) is 0 Å². The molecule has 2 nitrogen and oxygen atoms in total. The Morgan fingerprint density at radius 3 is 3.00 bits per heavy atom. The van der Waals surface area contributed by atoms with E-state index < -0.39 is 0 Å². The van der Waals surface area contributed by atoms with Crippen LogP contribution in [0.5, 0.6) is 0 Å². The van der Waals surface area contributed by atoms with Gasteiger partial charge in [0.15, 0.2) is 0 Å². The lowest BCUT2D eigenvalue weighted by molar-refractivity contribution is 0.182. The standard InChI is InChI=1S/C11H22N2/c1-2-4-10-5-3-8-13(10)11-6-7-12-9-11/h10-12H,2-9H2,1H3/t10-,11-/m1/s1. The van der Waals surface area contributed by atoms with Crippen LogP contribution in [0, 0.1) is 0 Å². The summed E-state index contributed by atoms with van der Waals surface area (Å²) in [5.74, 6) is 0. The summed E-state index contributed by atoms with van der Waals surface area (Å²) in [6.07, 6.45) is 7.02. The normalized spacial score (nSPS) is 35.8. The van der Waals surface area contributed by atoms with E-state index in [9.17, 15) is 0 Å². The van der Waals surface area contributed by atoms with Crippen LogP contribution >= 0.6 is 0 Å². The molecule has 76 valence electrons. The average molecular weight is 182 g/mol. The van der Waals surface area contributed by atoms with Gasteiger partial charge in [0, 0.05) is 18.6 Å².